The molecule has 206 valence electrons. The molecule has 0 spiro atoms. The van der Waals surface area contributed by atoms with E-state index in [1.165, 1.54) is 30.5 Å². The topological polar surface area (TPSA) is 76.6 Å². The van der Waals surface area contributed by atoms with Gasteiger partial charge < -0.3 is 19.7 Å². The number of anilines is 2. The number of halogens is 4. The van der Waals surface area contributed by atoms with Crippen molar-refractivity contribution < 1.29 is 31.8 Å². The van der Waals surface area contributed by atoms with E-state index >= 15 is 0 Å². The fourth-order valence-electron chi connectivity index (χ4n) is 4.57. The number of alkyl halides is 2. The molecular weight excluding hydrogens is 528 g/mol. The van der Waals surface area contributed by atoms with Crippen LogP contribution in [0.15, 0.2) is 73.6 Å². The van der Waals surface area contributed by atoms with Crippen molar-refractivity contribution in [3.63, 3.8) is 0 Å². The summed E-state index contributed by atoms with van der Waals surface area (Å²) in [4.78, 5) is 21.9. The molecule has 1 saturated heterocycles. The van der Waals surface area contributed by atoms with E-state index < -0.39 is 36.0 Å². The van der Waals surface area contributed by atoms with Crippen LogP contribution in [-0.2, 0) is 4.79 Å². The van der Waals surface area contributed by atoms with Crippen LogP contribution in [0.5, 0.6) is 11.5 Å². The van der Waals surface area contributed by atoms with Gasteiger partial charge in [0, 0.05) is 24.6 Å². The van der Waals surface area contributed by atoms with E-state index in [9.17, 15) is 22.4 Å². The van der Waals surface area contributed by atoms with Crippen LogP contribution in [0.3, 0.4) is 0 Å². The Kier molecular flexibility index (Phi) is 7.29. The second-order valence-electron chi connectivity index (χ2n) is 9.14. The number of rotatable bonds is 7. The van der Waals surface area contributed by atoms with Crippen LogP contribution < -0.4 is 14.8 Å². The first-order chi connectivity index (χ1) is 19.2. The van der Waals surface area contributed by atoms with Crippen molar-refractivity contribution in [2.45, 2.75) is 18.4 Å². The molecule has 4 aromatic rings. The van der Waals surface area contributed by atoms with Gasteiger partial charge in [-0.2, -0.15) is 0 Å². The van der Waals surface area contributed by atoms with Gasteiger partial charge in [0.2, 0.25) is 5.91 Å². The average molecular weight is 553 g/mol. The number of methoxy groups -OCH3 is 1. The summed E-state index contributed by atoms with van der Waals surface area (Å²) in [6.45, 7) is 2.98. The van der Waals surface area contributed by atoms with Crippen LogP contribution in [-0.4, -0.2) is 53.0 Å². The zero-order chi connectivity index (χ0) is 28.4. The Morgan fingerprint density at radius 1 is 1.12 bits per heavy atom. The van der Waals surface area contributed by atoms with E-state index in [4.69, 9.17) is 9.47 Å². The quantitative estimate of drug-likeness (QED) is 0.220. The van der Waals surface area contributed by atoms with Gasteiger partial charge in [-0.25, -0.2) is 27.5 Å². The number of amides is 1. The number of hydrogen-bond acceptors (Lipinski definition) is 6. The number of likely N-dealkylation sites (tertiary alicyclic amines) is 1. The van der Waals surface area contributed by atoms with Crippen molar-refractivity contribution in [1.29, 1.82) is 0 Å². The molecule has 0 radical (unpaired) electrons. The maximum Gasteiger partial charge on any atom is 0.287 e. The van der Waals surface area contributed by atoms with Gasteiger partial charge in [-0.3, -0.25) is 4.79 Å². The molecule has 1 unspecified atom stereocenters. The normalized spacial score (nSPS) is 16.4. The molecule has 1 aliphatic rings. The van der Waals surface area contributed by atoms with E-state index in [1.807, 2.05) is 0 Å². The molecule has 5 rings (SSSR count). The number of nitrogens with one attached hydrogen (secondary N) is 1. The monoisotopic (exact) mass is 552 g/mol. The first kappa shape index (κ1) is 26.9. The predicted molar refractivity (Wildman–Crippen MR) is 142 cm³/mol. The Labute approximate surface area is 227 Å². The Hall–Kier alpha value is -4.67. The number of fused-ring (bicyclic) bond motifs is 1. The molecule has 0 bridgehead atoms. The fraction of sp³-hybridized carbons (Fsp3) is 0.207. The number of hydrogen-bond donors (Lipinski definition) is 1. The summed E-state index contributed by atoms with van der Waals surface area (Å²) in [5.74, 6) is -4.41. The van der Waals surface area contributed by atoms with Crippen LogP contribution in [0.4, 0.5) is 29.1 Å². The first-order valence-corrected chi connectivity index (χ1v) is 12.3. The van der Waals surface area contributed by atoms with E-state index in [0.717, 1.165) is 18.2 Å². The molecule has 0 saturated carbocycles. The molecular formula is C29H24F4N4O3. The van der Waals surface area contributed by atoms with Crippen LogP contribution in [0.1, 0.15) is 6.42 Å². The third-order valence-electron chi connectivity index (χ3n) is 6.65. The van der Waals surface area contributed by atoms with Crippen LogP contribution in [0, 0.1) is 11.6 Å². The van der Waals surface area contributed by atoms with Gasteiger partial charge in [-0.1, -0.05) is 18.7 Å². The highest BCUT2D eigenvalue weighted by atomic mass is 19.3. The van der Waals surface area contributed by atoms with Crippen molar-refractivity contribution in [2.75, 3.05) is 25.5 Å². The standard InChI is InChI=1S/C29H24F4N4O3/c1-3-26(38)37-12-11-29(32,33)25(15-37)40-24-6-4-5-21-27(24)28(35-16-34-21)36-22-13-17(7-10-23(22)39-2)19-9-8-18(30)14-20(19)31/h3-10,13-14,16,25H,1,11-12,15H2,2H3,(H,34,35,36). The maximum atomic E-state index is 14.9. The van der Waals surface area contributed by atoms with Crippen LogP contribution >= 0.6 is 0 Å². The van der Waals surface area contributed by atoms with Gasteiger partial charge in [0.1, 0.15) is 35.3 Å². The number of benzene rings is 3. The summed E-state index contributed by atoms with van der Waals surface area (Å²) in [7, 11) is 1.45. The van der Waals surface area contributed by atoms with Gasteiger partial charge in [-0.15, -0.1) is 0 Å². The molecule has 1 amide bonds. The maximum absolute atomic E-state index is 14.9. The van der Waals surface area contributed by atoms with Crippen molar-refractivity contribution >= 4 is 28.3 Å². The molecule has 2 heterocycles. The zero-order valence-electron chi connectivity index (χ0n) is 21.3. The minimum Gasteiger partial charge on any atom is -0.495 e. The molecule has 40 heavy (non-hydrogen) atoms. The molecule has 1 aromatic heterocycles. The molecule has 1 fully saturated rings. The highest BCUT2D eigenvalue weighted by Gasteiger charge is 2.47. The molecule has 7 nitrogen and oxygen atoms in total. The first-order valence-electron chi connectivity index (χ1n) is 12.3. The molecule has 1 aliphatic heterocycles. The Morgan fingerprint density at radius 3 is 2.70 bits per heavy atom. The summed E-state index contributed by atoms with van der Waals surface area (Å²) >= 11 is 0. The number of aromatic nitrogens is 2. The Bertz CT molecular complexity index is 1590. The summed E-state index contributed by atoms with van der Waals surface area (Å²) in [5, 5.41) is 3.44. The molecule has 3 aromatic carbocycles. The van der Waals surface area contributed by atoms with Gasteiger partial charge in [0.05, 0.1) is 30.2 Å². The smallest absolute Gasteiger partial charge is 0.287 e. The largest absolute Gasteiger partial charge is 0.495 e. The van der Waals surface area contributed by atoms with Gasteiger partial charge in [0.25, 0.3) is 5.92 Å². The molecule has 1 atom stereocenters. The van der Waals surface area contributed by atoms with Crippen LogP contribution in [0.2, 0.25) is 0 Å². The van der Waals surface area contributed by atoms with Crippen molar-refractivity contribution in [3.05, 3.63) is 85.2 Å². The number of carbonyl (C=O) groups excluding carboxylic acids is 1. The summed E-state index contributed by atoms with van der Waals surface area (Å²) in [5.41, 5.74) is 1.39. The second-order valence-corrected chi connectivity index (χ2v) is 9.14. The summed E-state index contributed by atoms with van der Waals surface area (Å²) in [6.07, 6.45) is 0.189. The second kappa shape index (κ2) is 10.8. The molecule has 11 heteroatoms. The highest BCUT2D eigenvalue weighted by Crippen LogP contribution is 2.39. The SMILES string of the molecule is C=CC(=O)N1CCC(F)(F)C(Oc2cccc3ncnc(Nc4cc(-c5ccc(F)cc5F)ccc4OC)c23)C1. The third-order valence-corrected chi connectivity index (χ3v) is 6.65. The highest BCUT2D eigenvalue weighted by molar-refractivity contribution is 5.96. The number of carbonyl (C=O) groups is 1. The van der Waals surface area contributed by atoms with Crippen molar-refractivity contribution in [3.8, 4) is 22.6 Å². The third kappa shape index (κ3) is 5.27. The predicted octanol–water partition coefficient (Wildman–Crippen LogP) is 6.13. The molecule has 1 N–H and O–H groups in total. The lowest BCUT2D eigenvalue weighted by atomic mass is 10.0. The number of nitrogens with zero attached hydrogens (tertiary/aromatic N) is 3. The van der Waals surface area contributed by atoms with Gasteiger partial charge in [0.15, 0.2) is 6.10 Å². The zero-order valence-corrected chi connectivity index (χ0v) is 21.3. The lowest BCUT2D eigenvalue weighted by Crippen LogP contribution is -2.54. The number of piperidine rings is 1. The lowest BCUT2D eigenvalue weighted by Gasteiger charge is -2.37. The molecule has 0 aliphatic carbocycles. The van der Waals surface area contributed by atoms with E-state index in [-0.39, 0.29) is 30.2 Å². The average Bonchev–Trinajstić information content (AvgIpc) is 2.94. The van der Waals surface area contributed by atoms with Crippen molar-refractivity contribution in [2.24, 2.45) is 0 Å². The van der Waals surface area contributed by atoms with Crippen LogP contribution in [0.25, 0.3) is 22.0 Å². The minimum absolute atomic E-state index is 0.0814. The fourth-order valence-corrected chi connectivity index (χ4v) is 4.57. The van der Waals surface area contributed by atoms with Gasteiger partial charge >= 0.3 is 0 Å². The van der Waals surface area contributed by atoms with Crippen molar-refractivity contribution in [1.82, 2.24) is 14.9 Å². The minimum atomic E-state index is -3.19. The van der Waals surface area contributed by atoms with E-state index in [1.54, 1.807) is 30.3 Å². The van der Waals surface area contributed by atoms with E-state index in [0.29, 0.717) is 27.9 Å². The summed E-state index contributed by atoms with van der Waals surface area (Å²) < 4.78 is 69.1. The summed E-state index contributed by atoms with van der Waals surface area (Å²) in [6, 6.07) is 12.9. The van der Waals surface area contributed by atoms with E-state index in [2.05, 4.69) is 21.9 Å². The lowest BCUT2D eigenvalue weighted by molar-refractivity contribution is -0.152. The van der Waals surface area contributed by atoms with Gasteiger partial charge in [-0.05, 0) is 48.0 Å². The Morgan fingerprint density at radius 2 is 1.95 bits per heavy atom. The number of ether oxygens (including phenoxy) is 2. The Balaban J connectivity index is 1.54.